The monoisotopic (exact) mass is 396 g/mol. The van der Waals surface area contributed by atoms with Crippen molar-refractivity contribution in [2.75, 3.05) is 33.3 Å². The van der Waals surface area contributed by atoms with E-state index in [-0.39, 0.29) is 24.8 Å². The maximum Gasteiger partial charge on any atom is 0.141 e. The molecule has 5 rings (SSSR count). The summed E-state index contributed by atoms with van der Waals surface area (Å²) in [6.45, 7) is 5.42. The molecular formula is C21H30Cl2N2O. The summed E-state index contributed by atoms with van der Waals surface area (Å²) in [7, 11) is 1.00. The lowest BCUT2D eigenvalue weighted by molar-refractivity contribution is -1.10. The summed E-state index contributed by atoms with van der Waals surface area (Å²) in [4.78, 5) is 3.69. The van der Waals surface area contributed by atoms with Crippen molar-refractivity contribution >= 4 is 0 Å². The minimum Gasteiger partial charge on any atom is -1.00 e. The first-order chi connectivity index (χ1) is 11.9. The first kappa shape index (κ1) is 22.9. The van der Waals surface area contributed by atoms with Crippen molar-refractivity contribution in [3.05, 3.63) is 71.8 Å². The van der Waals surface area contributed by atoms with E-state index in [4.69, 9.17) is 5.11 Å². The van der Waals surface area contributed by atoms with E-state index in [1.807, 2.05) is 9.80 Å². The highest BCUT2D eigenvalue weighted by Gasteiger charge is 2.44. The Balaban J connectivity index is 0.000000818. The molecule has 144 valence electrons. The number of hydrogen-bond acceptors (Lipinski definition) is 1. The van der Waals surface area contributed by atoms with Crippen LogP contribution in [0.4, 0.5) is 0 Å². The summed E-state index contributed by atoms with van der Waals surface area (Å²) in [5.41, 5.74) is 3.01. The highest BCUT2D eigenvalue weighted by atomic mass is 35.5. The molecule has 3 nitrogen and oxygen atoms in total. The van der Waals surface area contributed by atoms with Gasteiger partial charge in [0.25, 0.3) is 0 Å². The second-order valence-electron chi connectivity index (χ2n) is 7.00. The molecule has 0 aliphatic carbocycles. The summed E-state index contributed by atoms with van der Waals surface area (Å²) in [5.74, 6) is 0. The van der Waals surface area contributed by atoms with Crippen LogP contribution in [0.5, 0.6) is 0 Å². The smallest absolute Gasteiger partial charge is 0.141 e. The fraction of sp³-hybridized carbons (Fsp3) is 0.429. The summed E-state index contributed by atoms with van der Waals surface area (Å²) in [6.07, 6.45) is 2.50. The Labute approximate surface area is 169 Å². The molecule has 0 amide bonds. The van der Waals surface area contributed by atoms with E-state index < -0.39 is 0 Å². The van der Waals surface area contributed by atoms with Crippen LogP contribution in [0.15, 0.2) is 60.7 Å². The van der Waals surface area contributed by atoms with Gasteiger partial charge < -0.3 is 39.7 Å². The fourth-order valence-corrected chi connectivity index (χ4v) is 4.42. The molecule has 26 heavy (non-hydrogen) atoms. The molecule has 2 unspecified atom stereocenters. The first-order valence-corrected chi connectivity index (χ1v) is 9.10. The molecule has 5 heteroatoms. The van der Waals surface area contributed by atoms with Crippen molar-refractivity contribution in [1.29, 1.82) is 0 Å². The molecule has 3 heterocycles. The number of hydrogen-bond donors (Lipinski definition) is 3. The Morgan fingerprint density at radius 1 is 0.692 bits per heavy atom. The van der Waals surface area contributed by atoms with Gasteiger partial charge in [-0.2, -0.15) is 0 Å². The average Bonchev–Trinajstić information content (AvgIpc) is 2.66. The van der Waals surface area contributed by atoms with E-state index in [0.29, 0.717) is 0 Å². The van der Waals surface area contributed by atoms with Gasteiger partial charge in [0.1, 0.15) is 38.3 Å². The first-order valence-electron chi connectivity index (χ1n) is 9.10. The topological polar surface area (TPSA) is 29.1 Å². The number of rotatable bonds is 4. The lowest BCUT2D eigenvalue weighted by Crippen LogP contribution is -3.40. The Morgan fingerprint density at radius 3 is 1.35 bits per heavy atom. The van der Waals surface area contributed by atoms with Crippen LogP contribution in [-0.4, -0.2) is 50.5 Å². The predicted octanol–water partition coefficient (Wildman–Crippen LogP) is -6.38. The van der Waals surface area contributed by atoms with E-state index in [9.17, 15) is 0 Å². The van der Waals surface area contributed by atoms with E-state index in [0.717, 1.165) is 19.2 Å². The third-order valence-electron chi connectivity index (χ3n) is 5.59. The average molecular weight is 397 g/mol. The van der Waals surface area contributed by atoms with E-state index >= 15 is 0 Å². The molecule has 4 atom stereocenters. The maximum absolute atomic E-state index is 7.00. The van der Waals surface area contributed by atoms with Crippen molar-refractivity contribution in [2.24, 2.45) is 0 Å². The van der Waals surface area contributed by atoms with Crippen LogP contribution in [0.1, 0.15) is 11.1 Å². The molecule has 0 spiro atoms. The number of aliphatic hydroxyl groups is 1. The Morgan fingerprint density at radius 2 is 1.04 bits per heavy atom. The van der Waals surface area contributed by atoms with Crippen molar-refractivity contribution in [2.45, 2.75) is 24.9 Å². The predicted molar refractivity (Wildman–Crippen MR) is 97.4 cm³/mol. The summed E-state index contributed by atoms with van der Waals surface area (Å²) >= 11 is 0. The van der Waals surface area contributed by atoms with Gasteiger partial charge >= 0.3 is 0 Å². The Bertz CT molecular complexity index is 556. The molecule has 0 aromatic heterocycles. The van der Waals surface area contributed by atoms with Crippen LogP contribution >= 0.6 is 0 Å². The fourth-order valence-electron chi connectivity index (χ4n) is 4.42. The third-order valence-corrected chi connectivity index (χ3v) is 5.59. The standard InChI is InChI=1S/C20H24N2.CH4O.2ClH/c1-3-7-17(8-4-1)13-19-15-22-12-11-21(19)16-20(22)14-18-9-5-2-6-10-18;1-2;;/h1-10,19-20H,11-16H2;2H,1H3;2*1H/t19-,20-;;;/m0.../s1. The Hall–Kier alpha value is -1.10. The normalized spacial score (nSPS) is 25.9. The van der Waals surface area contributed by atoms with Crippen LogP contribution in [0.25, 0.3) is 0 Å². The van der Waals surface area contributed by atoms with Crippen LogP contribution in [0.2, 0.25) is 0 Å². The van der Waals surface area contributed by atoms with Gasteiger partial charge in [0.2, 0.25) is 0 Å². The molecule has 2 aromatic carbocycles. The minimum atomic E-state index is 0. The molecule has 3 N–H and O–H groups in total. The molecule has 0 saturated carbocycles. The largest absolute Gasteiger partial charge is 1.00 e. The van der Waals surface area contributed by atoms with Gasteiger partial charge in [-0.25, -0.2) is 0 Å². The number of fused-ring (bicyclic) bond motifs is 3. The maximum atomic E-state index is 7.00. The van der Waals surface area contributed by atoms with Gasteiger partial charge in [0.15, 0.2) is 0 Å². The van der Waals surface area contributed by atoms with Crippen molar-refractivity contribution in [1.82, 2.24) is 0 Å². The van der Waals surface area contributed by atoms with E-state index in [1.54, 1.807) is 0 Å². The zero-order chi connectivity index (χ0) is 16.8. The molecule has 3 aliphatic heterocycles. The van der Waals surface area contributed by atoms with Crippen molar-refractivity contribution < 1.29 is 39.7 Å². The van der Waals surface area contributed by atoms with Crippen molar-refractivity contribution in [3.8, 4) is 0 Å². The zero-order valence-corrected chi connectivity index (χ0v) is 16.9. The SMILES string of the molecule is CO.[Cl-].[Cl-].c1ccc(C[C@H]2C[NH+]3CC[NH+]2C[C@@H]3Cc2ccccc2)cc1. The number of piperazine rings is 3. The Kier molecular flexibility index (Phi) is 10.2. The van der Waals surface area contributed by atoms with Crippen LogP contribution in [0, 0.1) is 0 Å². The number of halogens is 2. The quantitative estimate of drug-likeness (QED) is 0.471. The molecule has 2 bridgehead atoms. The second-order valence-corrected chi connectivity index (χ2v) is 7.00. The van der Waals surface area contributed by atoms with Crippen molar-refractivity contribution in [3.63, 3.8) is 0 Å². The van der Waals surface area contributed by atoms with Gasteiger partial charge in [0.05, 0.1) is 0 Å². The molecule has 0 radical (unpaired) electrons. The van der Waals surface area contributed by atoms with Gasteiger partial charge in [-0.05, 0) is 11.1 Å². The molecule has 3 aliphatic rings. The minimum absolute atomic E-state index is 0. The molecule has 2 aromatic rings. The highest BCUT2D eigenvalue weighted by Crippen LogP contribution is 2.06. The van der Waals surface area contributed by atoms with E-state index in [1.165, 1.54) is 50.1 Å². The molecular weight excluding hydrogens is 367 g/mol. The summed E-state index contributed by atoms with van der Waals surface area (Å²) in [5, 5.41) is 7.00. The lowest BCUT2D eigenvalue weighted by Gasteiger charge is -2.46. The second kappa shape index (κ2) is 11.6. The zero-order valence-electron chi connectivity index (χ0n) is 15.4. The van der Waals surface area contributed by atoms with Gasteiger partial charge in [0, 0.05) is 20.0 Å². The van der Waals surface area contributed by atoms with Gasteiger partial charge in [-0.15, -0.1) is 0 Å². The summed E-state index contributed by atoms with van der Waals surface area (Å²) < 4.78 is 0. The number of benzene rings is 2. The summed E-state index contributed by atoms with van der Waals surface area (Å²) in [6, 6.07) is 23.7. The van der Waals surface area contributed by atoms with Crippen LogP contribution in [-0.2, 0) is 12.8 Å². The van der Waals surface area contributed by atoms with Gasteiger partial charge in [-0.3, -0.25) is 0 Å². The number of aliphatic hydroxyl groups excluding tert-OH is 1. The van der Waals surface area contributed by atoms with E-state index in [2.05, 4.69) is 60.7 Å². The van der Waals surface area contributed by atoms with Crippen LogP contribution in [0.3, 0.4) is 0 Å². The third kappa shape index (κ3) is 5.70. The van der Waals surface area contributed by atoms with Gasteiger partial charge in [-0.1, -0.05) is 60.7 Å². The van der Waals surface area contributed by atoms with Crippen LogP contribution < -0.4 is 34.6 Å². The molecule has 3 fully saturated rings. The number of nitrogens with one attached hydrogen (secondary N) is 2. The number of quaternary nitrogens is 2. The lowest BCUT2D eigenvalue weighted by atomic mass is 9.93. The molecule has 3 saturated heterocycles. The highest BCUT2D eigenvalue weighted by molar-refractivity contribution is 5.16.